The zero-order valence-electron chi connectivity index (χ0n) is 11.8. The summed E-state index contributed by atoms with van der Waals surface area (Å²) in [6.45, 7) is 0. The molecule has 8 heteroatoms. The third kappa shape index (κ3) is 2.40. The van der Waals surface area contributed by atoms with E-state index in [0.717, 1.165) is 0 Å². The molecule has 1 aromatic carbocycles. The van der Waals surface area contributed by atoms with Gasteiger partial charge in [0.15, 0.2) is 11.5 Å². The number of carbonyl (C=O) groups is 1. The first kappa shape index (κ1) is 15.6. The van der Waals surface area contributed by atoms with Crippen molar-refractivity contribution in [3.8, 4) is 11.3 Å². The van der Waals surface area contributed by atoms with Gasteiger partial charge in [-0.3, -0.25) is 0 Å². The lowest BCUT2D eigenvalue weighted by Gasteiger charge is -2.11. The molecular weight excluding hydrogens is 344 g/mol. The van der Waals surface area contributed by atoms with Gasteiger partial charge in [-0.15, -0.1) is 0 Å². The number of nitrogens with zero attached hydrogens (tertiary/aromatic N) is 1. The standard InChI is InChI=1S/C15H10Cl2FN3O2/c1-23-15(22)14-9(17)11(19)10(18)13(21-14)6-2-3-8(16)12-7(6)4-5-20-12/h2-5,20H,1H3,(H2,19,21). The molecule has 0 saturated carbocycles. The molecule has 0 radical (unpaired) electrons. The summed E-state index contributed by atoms with van der Waals surface area (Å²) in [4.78, 5) is 18.8. The number of halogens is 3. The van der Waals surface area contributed by atoms with Crippen molar-refractivity contribution in [2.45, 2.75) is 0 Å². The van der Waals surface area contributed by atoms with E-state index in [1.54, 1.807) is 24.4 Å². The van der Waals surface area contributed by atoms with Crippen molar-refractivity contribution in [1.29, 1.82) is 0 Å². The summed E-state index contributed by atoms with van der Waals surface area (Å²) in [5.41, 5.74) is 6.01. The fourth-order valence-corrected chi connectivity index (χ4v) is 2.72. The molecule has 5 nitrogen and oxygen atoms in total. The molecule has 0 amide bonds. The van der Waals surface area contributed by atoms with Gasteiger partial charge in [-0.25, -0.2) is 14.2 Å². The van der Waals surface area contributed by atoms with Gasteiger partial charge in [0, 0.05) is 17.1 Å². The Kier molecular flexibility index (Phi) is 3.87. The Hall–Kier alpha value is -2.31. The fourth-order valence-electron chi connectivity index (χ4n) is 2.30. The molecular formula is C15H10Cl2FN3O2. The third-order valence-electron chi connectivity index (χ3n) is 3.42. The van der Waals surface area contributed by atoms with Crippen molar-refractivity contribution in [3.63, 3.8) is 0 Å². The zero-order valence-corrected chi connectivity index (χ0v) is 13.3. The highest BCUT2D eigenvalue weighted by Gasteiger charge is 2.24. The number of esters is 1. The van der Waals surface area contributed by atoms with Gasteiger partial charge in [0.1, 0.15) is 5.69 Å². The van der Waals surface area contributed by atoms with E-state index >= 15 is 0 Å². The highest BCUT2D eigenvalue weighted by atomic mass is 35.5. The highest BCUT2D eigenvalue weighted by Crippen LogP contribution is 2.37. The number of carbonyl (C=O) groups excluding carboxylic acids is 1. The van der Waals surface area contributed by atoms with Crippen LogP contribution in [0.25, 0.3) is 22.2 Å². The van der Waals surface area contributed by atoms with Crippen molar-refractivity contribution in [2.24, 2.45) is 0 Å². The number of nitrogen functional groups attached to an aromatic ring is 1. The second-order valence-corrected chi connectivity index (χ2v) is 5.49. The first-order chi connectivity index (χ1) is 11.0. The molecule has 0 fully saturated rings. The molecule has 2 heterocycles. The minimum Gasteiger partial charge on any atom is -0.464 e. The Morgan fingerprint density at radius 1 is 1.35 bits per heavy atom. The van der Waals surface area contributed by atoms with Crippen LogP contribution in [-0.2, 0) is 4.74 Å². The van der Waals surface area contributed by atoms with Crippen LogP contribution in [0.5, 0.6) is 0 Å². The number of nitrogens with one attached hydrogen (secondary N) is 1. The van der Waals surface area contributed by atoms with Crippen molar-refractivity contribution in [1.82, 2.24) is 9.97 Å². The third-order valence-corrected chi connectivity index (χ3v) is 4.12. The largest absolute Gasteiger partial charge is 0.464 e. The van der Waals surface area contributed by atoms with Gasteiger partial charge in [0.2, 0.25) is 0 Å². The molecule has 118 valence electrons. The lowest BCUT2D eigenvalue weighted by Crippen LogP contribution is -2.10. The smallest absolute Gasteiger partial charge is 0.358 e. The Balaban J connectivity index is 2.35. The summed E-state index contributed by atoms with van der Waals surface area (Å²) in [7, 11) is 1.17. The molecule has 0 spiro atoms. The van der Waals surface area contributed by atoms with Gasteiger partial charge in [0.25, 0.3) is 0 Å². The van der Waals surface area contributed by atoms with E-state index in [9.17, 15) is 9.18 Å². The predicted molar refractivity (Wildman–Crippen MR) is 87.3 cm³/mol. The molecule has 0 aliphatic rings. The second kappa shape index (κ2) is 5.72. The average molecular weight is 354 g/mol. The number of H-pyrrole nitrogens is 1. The predicted octanol–water partition coefficient (Wildman–Crippen LogP) is 4.04. The molecule has 2 aromatic heterocycles. The molecule has 0 unspecified atom stereocenters. The number of fused-ring (bicyclic) bond motifs is 1. The number of nitrogens with two attached hydrogens (primary N) is 1. The molecule has 0 aliphatic heterocycles. The normalized spacial score (nSPS) is 11.0. The number of aromatic nitrogens is 2. The topological polar surface area (TPSA) is 81.0 Å². The van der Waals surface area contributed by atoms with Crippen LogP contribution in [0.4, 0.5) is 10.1 Å². The number of methoxy groups -OCH3 is 1. The van der Waals surface area contributed by atoms with Gasteiger partial charge in [0.05, 0.1) is 28.4 Å². The number of aromatic amines is 1. The van der Waals surface area contributed by atoms with Crippen molar-refractivity contribution < 1.29 is 13.9 Å². The zero-order chi connectivity index (χ0) is 16.7. The summed E-state index contributed by atoms with van der Waals surface area (Å²) in [5.74, 6) is -1.62. The van der Waals surface area contributed by atoms with Crippen molar-refractivity contribution >= 4 is 45.8 Å². The minimum atomic E-state index is -0.813. The minimum absolute atomic E-state index is 0.103. The van der Waals surface area contributed by atoms with Crippen LogP contribution in [0.2, 0.25) is 10.0 Å². The number of rotatable bonds is 2. The number of pyridine rings is 1. The highest BCUT2D eigenvalue weighted by molar-refractivity contribution is 6.36. The second-order valence-electron chi connectivity index (χ2n) is 4.70. The van der Waals surface area contributed by atoms with Crippen LogP contribution in [0.15, 0.2) is 24.4 Å². The SMILES string of the molecule is COC(=O)c1nc(-c2ccc(Cl)c3[nH]ccc23)c(F)c(N)c1Cl. The molecule has 0 atom stereocenters. The molecule has 23 heavy (non-hydrogen) atoms. The molecule has 0 aliphatic carbocycles. The van der Waals surface area contributed by atoms with Crippen LogP contribution in [0.3, 0.4) is 0 Å². The van der Waals surface area contributed by atoms with E-state index in [-0.39, 0.29) is 22.1 Å². The molecule has 3 rings (SSSR count). The lowest BCUT2D eigenvalue weighted by molar-refractivity contribution is 0.0594. The van der Waals surface area contributed by atoms with Crippen molar-refractivity contribution in [3.05, 3.63) is 46.0 Å². The van der Waals surface area contributed by atoms with Crippen LogP contribution >= 0.6 is 23.2 Å². The van der Waals surface area contributed by atoms with Crippen LogP contribution in [0.1, 0.15) is 10.5 Å². The molecule has 0 saturated heterocycles. The van der Waals surface area contributed by atoms with Crippen molar-refractivity contribution in [2.75, 3.05) is 12.8 Å². The Labute approximate surface area is 140 Å². The maximum absolute atomic E-state index is 14.6. The number of hydrogen-bond donors (Lipinski definition) is 2. The summed E-state index contributed by atoms with van der Waals surface area (Å²) in [6.07, 6.45) is 1.67. The summed E-state index contributed by atoms with van der Waals surface area (Å²) < 4.78 is 19.2. The Morgan fingerprint density at radius 2 is 2.09 bits per heavy atom. The first-order valence-electron chi connectivity index (χ1n) is 6.44. The van der Waals surface area contributed by atoms with Crippen LogP contribution in [-0.4, -0.2) is 23.0 Å². The van der Waals surface area contributed by atoms with Gasteiger partial charge < -0.3 is 15.5 Å². The van der Waals surface area contributed by atoms with E-state index < -0.39 is 11.8 Å². The van der Waals surface area contributed by atoms with Crippen LogP contribution in [0, 0.1) is 5.82 Å². The lowest BCUT2D eigenvalue weighted by atomic mass is 10.0. The maximum Gasteiger partial charge on any atom is 0.358 e. The van der Waals surface area contributed by atoms with Crippen LogP contribution < -0.4 is 5.73 Å². The summed E-state index contributed by atoms with van der Waals surface area (Å²) >= 11 is 12.0. The van der Waals surface area contributed by atoms with E-state index in [1.807, 2.05) is 0 Å². The maximum atomic E-state index is 14.6. The molecule has 3 N–H and O–H groups in total. The van der Waals surface area contributed by atoms with Gasteiger partial charge in [-0.05, 0) is 12.1 Å². The number of hydrogen-bond acceptors (Lipinski definition) is 4. The summed E-state index contributed by atoms with van der Waals surface area (Å²) in [5, 5.41) is 0.836. The van der Waals surface area contributed by atoms with E-state index in [2.05, 4.69) is 14.7 Å². The fraction of sp³-hybridized carbons (Fsp3) is 0.0667. The average Bonchev–Trinajstić information content (AvgIpc) is 3.04. The van der Waals surface area contributed by atoms with E-state index in [1.165, 1.54) is 7.11 Å². The molecule has 0 bridgehead atoms. The number of ether oxygens (including phenoxy) is 1. The number of benzene rings is 1. The Morgan fingerprint density at radius 3 is 2.78 bits per heavy atom. The molecule has 3 aromatic rings. The van der Waals surface area contributed by atoms with Gasteiger partial charge in [-0.2, -0.15) is 0 Å². The Bertz CT molecular complexity index is 940. The first-order valence-corrected chi connectivity index (χ1v) is 7.20. The van der Waals surface area contributed by atoms with Gasteiger partial charge >= 0.3 is 5.97 Å². The number of anilines is 1. The van der Waals surface area contributed by atoms with E-state index in [0.29, 0.717) is 21.5 Å². The summed E-state index contributed by atoms with van der Waals surface area (Å²) in [6, 6.07) is 4.91. The van der Waals surface area contributed by atoms with Gasteiger partial charge in [-0.1, -0.05) is 29.3 Å². The van der Waals surface area contributed by atoms with E-state index in [4.69, 9.17) is 28.9 Å². The quantitative estimate of drug-likeness (QED) is 0.681. The monoisotopic (exact) mass is 353 g/mol.